The highest BCUT2D eigenvalue weighted by molar-refractivity contribution is 7.98. The summed E-state index contributed by atoms with van der Waals surface area (Å²) in [5.74, 6) is 2.85. The molecule has 32 heavy (non-hydrogen) atoms. The Hall–Kier alpha value is -2.23. The van der Waals surface area contributed by atoms with Crippen molar-refractivity contribution in [3.63, 3.8) is 0 Å². The van der Waals surface area contributed by atoms with Gasteiger partial charge >= 0.3 is 0 Å². The number of aromatic nitrogens is 2. The van der Waals surface area contributed by atoms with Gasteiger partial charge in [-0.25, -0.2) is 4.39 Å². The molecule has 0 atom stereocenters. The van der Waals surface area contributed by atoms with Gasteiger partial charge in [-0.3, -0.25) is 9.69 Å². The Morgan fingerprint density at radius 1 is 1.25 bits per heavy atom. The fraction of sp³-hybridized carbons (Fsp3) is 0.435. The smallest absolute Gasteiger partial charge is 0.241 e. The van der Waals surface area contributed by atoms with E-state index in [0.717, 1.165) is 48.5 Å². The molecule has 1 aliphatic rings. The number of thiophene rings is 1. The Kier molecular flexibility index (Phi) is 8.30. The van der Waals surface area contributed by atoms with Crippen LogP contribution in [0, 0.1) is 11.7 Å². The number of rotatable bonds is 10. The minimum Gasteiger partial charge on any atom is -0.356 e. The van der Waals surface area contributed by atoms with Gasteiger partial charge in [0.05, 0.1) is 11.4 Å². The minimum atomic E-state index is -0.151. The average molecular weight is 475 g/mol. The van der Waals surface area contributed by atoms with Crippen LogP contribution in [0.4, 0.5) is 4.39 Å². The summed E-state index contributed by atoms with van der Waals surface area (Å²) in [4.78, 5) is 20.2. The summed E-state index contributed by atoms with van der Waals surface area (Å²) in [6.07, 6.45) is 2.55. The second-order valence-electron chi connectivity index (χ2n) is 7.83. The zero-order chi connectivity index (χ0) is 22.2. The van der Waals surface area contributed by atoms with Crippen LogP contribution in [-0.2, 0) is 17.1 Å². The second-order valence-corrected chi connectivity index (χ2v) is 9.88. The monoisotopic (exact) mass is 474 g/mol. The highest BCUT2D eigenvalue weighted by Crippen LogP contribution is 2.23. The van der Waals surface area contributed by atoms with E-state index in [-0.39, 0.29) is 17.6 Å². The predicted molar refractivity (Wildman–Crippen MR) is 126 cm³/mol. The number of nitrogens with one attached hydrogen (secondary N) is 1. The lowest BCUT2D eigenvalue weighted by Crippen LogP contribution is -2.40. The lowest BCUT2D eigenvalue weighted by molar-refractivity contribution is -0.126. The number of nitrogens with zero attached hydrogens (tertiary/aromatic N) is 3. The van der Waals surface area contributed by atoms with Crippen LogP contribution in [0.2, 0.25) is 0 Å². The first-order valence-electron chi connectivity index (χ1n) is 10.9. The topological polar surface area (TPSA) is 71.3 Å². The summed E-state index contributed by atoms with van der Waals surface area (Å²) in [6, 6.07) is 10.8. The highest BCUT2D eigenvalue weighted by Gasteiger charge is 2.25. The number of carbonyl (C=O) groups excluding carboxylic acids is 1. The van der Waals surface area contributed by atoms with Crippen LogP contribution >= 0.6 is 23.1 Å². The van der Waals surface area contributed by atoms with Crippen LogP contribution in [0.25, 0.3) is 10.7 Å². The van der Waals surface area contributed by atoms with E-state index in [2.05, 4.69) is 20.4 Å². The van der Waals surface area contributed by atoms with Crippen molar-refractivity contribution in [1.29, 1.82) is 0 Å². The molecule has 1 aliphatic heterocycles. The lowest BCUT2D eigenvalue weighted by atomic mass is 9.96. The number of benzene rings is 1. The Morgan fingerprint density at radius 3 is 2.88 bits per heavy atom. The van der Waals surface area contributed by atoms with Crippen LogP contribution in [-0.4, -0.2) is 46.3 Å². The molecular formula is C23H27FN4O2S2. The van der Waals surface area contributed by atoms with E-state index >= 15 is 0 Å². The van der Waals surface area contributed by atoms with Gasteiger partial charge in [0.2, 0.25) is 17.6 Å². The quantitative estimate of drug-likeness (QED) is 0.434. The zero-order valence-electron chi connectivity index (χ0n) is 17.8. The van der Waals surface area contributed by atoms with Crippen molar-refractivity contribution in [2.75, 3.05) is 25.4 Å². The maximum Gasteiger partial charge on any atom is 0.241 e. The first-order chi connectivity index (χ1) is 15.7. The number of halogens is 1. The molecule has 0 spiro atoms. The van der Waals surface area contributed by atoms with Gasteiger partial charge in [-0.15, -0.1) is 11.3 Å². The maximum absolute atomic E-state index is 13.6. The zero-order valence-corrected chi connectivity index (χ0v) is 19.5. The van der Waals surface area contributed by atoms with Crippen LogP contribution in [0.5, 0.6) is 0 Å². The standard InChI is InChI=1S/C23H27FN4O2S2/c24-19-6-2-1-5-18(19)16-31-13-4-10-25-23(29)17-8-11-28(12-9-17)15-21-26-22(27-30-21)20-7-3-14-32-20/h1-3,5-7,14,17H,4,8-13,15-16H2,(H,25,29). The second kappa shape index (κ2) is 11.6. The van der Waals surface area contributed by atoms with Crippen molar-refractivity contribution in [3.8, 4) is 10.7 Å². The molecule has 1 aromatic carbocycles. The van der Waals surface area contributed by atoms with Gasteiger partial charge in [0.25, 0.3) is 0 Å². The first kappa shape index (κ1) is 22.9. The molecule has 4 rings (SSSR count). The summed E-state index contributed by atoms with van der Waals surface area (Å²) in [5.41, 5.74) is 0.733. The average Bonchev–Trinajstić information content (AvgIpc) is 3.50. The molecule has 3 heterocycles. The summed E-state index contributed by atoms with van der Waals surface area (Å²) in [5, 5.41) is 9.11. The molecule has 3 aromatic rings. The molecule has 1 amide bonds. The molecule has 2 aromatic heterocycles. The van der Waals surface area contributed by atoms with Crippen LogP contribution in [0.1, 0.15) is 30.7 Å². The van der Waals surface area contributed by atoms with E-state index in [9.17, 15) is 9.18 Å². The predicted octanol–water partition coefficient (Wildman–Crippen LogP) is 4.59. The number of hydrogen-bond donors (Lipinski definition) is 1. The highest BCUT2D eigenvalue weighted by atomic mass is 32.2. The van der Waals surface area contributed by atoms with Crippen molar-refractivity contribution in [3.05, 3.63) is 59.0 Å². The Labute approximate surface area is 195 Å². The molecule has 1 N–H and O–H groups in total. The van der Waals surface area contributed by atoms with E-state index in [0.29, 0.717) is 30.6 Å². The Morgan fingerprint density at radius 2 is 2.09 bits per heavy atom. The molecule has 1 saturated heterocycles. The van der Waals surface area contributed by atoms with Crippen LogP contribution < -0.4 is 5.32 Å². The Bertz CT molecular complexity index is 988. The van der Waals surface area contributed by atoms with Gasteiger partial charge in [-0.2, -0.15) is 16.7 Å². The number of thioether (sulfide) groups is 1. The van der Waals surface area contributed by atoms with Gasteiger partial charge in [0, 0.05) is 18.2 Å². The van der Waals surface area contributed by atoms with E-state index in [1.54, 1.807) is 29.2 Å². The molecule has 0 saturated carbocycles. The van der Waals surface area contributed by atoms with Crippen LogP contribution in [0.15, 0.2) is 46.3 Å². The molecule has 9 heteroatoms. The van der Waals surface area contributed by atoms with Crippen molar-refractivity contribution in [1.82, 2.24) is 20.4 Å². The molecule has 0 radical (unpaired) electrons. The third-order valence-electron chi connectivity index (χ3n) is 5.51. The van der Waals surface area contributed by atoms with E-state index in [4.69, 9.17) is 4.52 Å². The number of piperidine rings is 1. The SMILES string of the molecule is O=C(NCCCSCc1ccccc1F)C1CCN(Cc2nc(-c3cccs3)no2)CC1. The molecule has 170 valence electrons. The third-order valence-corrected chi connectivity index (χ3v) is 7.47. The van der Waals surface area contributed by atoms with Crippen molar-refractivity contribution in [2.24, 2.45) is 5.92 Å². The van der Waals surface area contributed by atoms with E-state index in [1.165, 1.54) is 6.07 Å². The number of hydrogen-bond acceptors (Lipinski definition) is 7. The maximum atomic E-state index is 13.6. The van der Waals surface area contributed by atoms with E-state index < -0.39 is 0 Å². The normalized spacial score (nSPS) is 15.2. The molecule has 0 aliphatic carbocycles. The summed E-state index contributed by atoms with van der Waals surface area (Å²) < 4.78 is 19.0. The number of amides is 1. The van der Waals surface area contributed by atoms with Crippen LogP contribution in [0.3, 0.4) is 0 Å². The molecule has 1 fully saturated rings. The largest absolute Gasteiger partial charge is 0.356 e. The fourth-order valence-electron chi connectivity index (χ4n) is 3.70. The van der Waals surface area contributed by atoms with Gasteiger partial charge in [0.15, 0.2) is 0 Å². The van der Waals surface area contributed by atoms with E-state index in [1.807, 2.05) is 29.6 Å². The van der Waals surface area contributed by atoms with Crippen molar-refractivity contribution < 1.29 is 13.7 Å². The van der Waals surface area contributed by atoms with Gasteiger partial charge in [-0.05, 0) is 61.2 Å². The first-order valence-corrected chi connectivity index (χ1v) is 12.9. The summed E-state index contributed by atoms with van der Waals surface area (Å²) in [7, 11) is 0. The number of likely N-dealkylation sites (tertiary alicyclic amines) is 1. The van der Waals surface area contributed by atoms with Gasteiger partial charge in [0.1, 0.15) is 5.82 Å². The Balaban J connectivity index is 1.10. The summed E-state index contributed by atoms with van der Waals surface area (Å²) >= 11 is 3.28. The van der Waals surface area contributed by atoms with Gasteiger partial charge in [-0.1, -0.05) is 29.4 Å². The number of carbonyl (C=O) groups is 1. The molecule has 0 unspecified atom stereocenters. The summed E-state index contributed by atoms with van der Waals surface area (Å²) in [6.45, 7) is 2.96. The van der Waals surface area contributed by atoms with Gasteiger partial charge < -0.3 is 9.84 Å². The molecular weight excluding hydrogens is 447 g/mol. The van der Waals surface area contributed by atoms with Crippen molar-refractivity contribution >= 4 is 29.0 Å². The molecule has 0 bridgehead atoms. The molecule has 6 nitrogen and oxygen atoms in total. The fourth-order valence-corrected chi connectivity index (χ4v) is 5.29. The lowest BCUT2D eigenvalue weighted by Gasteiger charge is -2.30. The minimum absolute atomic E-state index is 0.0571. The third kappa shape index (κ3) is 6.40. The van der Waals surface area contributed by atoms with Crippen molar-refractivity contribution in [2.45, 2.75) is 31.6 Å².